The molecule has 1 unspecified atom stereocenters. The van der Waals surface area contributed by atoms with Gasteiger partial charge in [-0.2, -0.15) is 0 Å². The second-order valence-electron chi connectivity index (χ2n) is 7.81. The lowest BCUT2D eigenvalue weighted by atomic mass is 9.46. The molecule has 6 heteroatoms. The van der Waals surface area contributed by atoms with Gasteiger partial charge in [0.15, 0.2) is 0 Å². The Kier molecular flexibility index (Phi) is 4.35. The summed E-state index contributed by atoms with van der Waals surface area (Å²) in [6.07, 6.45) is 3.52. The van der Waals surface area contributed by atoms with Gasteiger partial charge in [0.05, 0.1) is 17.9 Å². The maximum Gasteiger partial charge on any atom is 0.307 e. The molecule has 0 saturated heterocycles. The molecule has 6 nitrogen and oxygen atoms in total. The van der Waals surface area contributed by atoms with E-state index in [1.54, 1.807) is 7.11 Å². The minimum atomic E-state index is -0.929. The van der Waals surface area contributed by atoms with Crippen LogP contribution >= 0.6 is 0 Å². The first-order chi connectivity index (χ1) is 10.1. The number of ether oxygens (including phenoxy) is 1. The summed E-state index contributed by atoms with van der Waals surface area (Å²) < 4.78 is 5.16. The van der Waals surface area contributed by atoms with Gasteiger partial charge in [-0.05, 0) is 35.7 Å². The van der Waals surface area contributed by atoms with Crippen LogP contribution in [0.4, 0.5) is 0 Å². The van der Waals surface area contributed by atoms with Crippen molar-refractivity contribution in [3.63, 3.8) is 0 Å². The molecule has 4 atom stereocenters. The van der Waals surface area contributed by atoms with Gasteiger partial charge in [0.1, 0.15) is 0 Å². The maximum absolute atomic E-state index is 11.9. The van der Waals surface area contributed by atoms with Gasteiger partial charge in [-0.15, -0.1) is 0 Å². The Balaban J connectivity index is 2.39. The zero-order chi connectivity index (χ0) is 16.7. The predicted molar refractivity (Wildman–Crippen MR) is 81.0 cm³/mol. The van der Waals surface area contributed by atoms with Crippen molar-refractivity contribution in [3.05, 3.63) is 21.8 Å². The van der Waals surface area contributed by atoms with Crippen molar-refractivity contribution in [2.75, 3.05) is 20.3 Å². The van der Waals surface area contributed by atoms with Crippen LogP contribution in [0.25, 0.3) is 0 Å². The van der Waals surface area contributed by atoms with Gasteiger partial charge in [0, 0.05) is 12.0 Å². The van der Waals surface area contributed by atoms with Crippen LogP contribution in [0.1, 0.15) is 33.6 Å². The first-order valence-corrected chi connectivity index (χ1v) is 7.65. The molecule has 0 aromatic rings. The van der Waals surface area contributed by atoms with Crippen molar-refractivity contribution >= 4 is 5.97 Å². The van der Waals surface area contributed by atoms with Crippen LogP contribution in [0.3, 0.4) is 0 Å². The van der Waals surface area contributed by atoms with E-state index in [2.05, 4.69) is 0 Å². The Morgan fingerprint density at radius 1 is 1.59 bits per heavy atom. The summed E-state index contributed by atoms with van der Waals surface area (Å²) in [6.45, 7) is 5.81. The van der Waals surface area contributed by atoms with Crippen molar-refractivity contribution in [1.29, 1.82) is 0 Å². The van der Waals surface area contributed by atoms with Crippen molar-refractivity contribution in [1.82, 2.24) is 0 Å². The molecule has 0 amide bonds. The lowest BCUT2D eigenvalue weighted by Crippen LogP contribution is -2.59. The number of carbonyl (C=O) groups is 1. The molecule has 0 aromatic heterocycles. The summed E-state index contributed by atoms with van der Waals surface area (Å²) in [7, 11) is 1.63. The molecular formula is C16H25NO5. The normalized spacial score (nSPS) is 31.9. The Labute approximate surface area is 130 Å². The fourth-order valence-corrected chi connectivity index (χ4v) is 4.80. The number of hydrogen-bond donors (Lipinski definition) is 1. The van der Waals surface area contributed by atoms with Gasteiger partial charge >= 0.3 is 5.97 Å². The highest BCUT2D eigenvalue weighted by Gasteiger charge is 2.65. The Morgan fingerprint density at radius 2 is 2.23 bits per heavy atom. The zero-order valence-electron chi connectivity index (χ0n) is 13.7. The second-order valence-corrected chi connectivity index (χ2v) is 7.81. The van der Waals surface area contributed by atoms with E-state index >= 15 is 0 Å². The van der Waals surface area contributed by atoms with Crippen molar-refractivity contribution < 1.29 is 19.6 Å². The molecule has 2 rings (SSSR count). The van der Waals surface area contributed by atoms with E-state index < -0.39 is 22.7 Å². The molecule has 2 aliphatic rings. The number of fused-ring (bicyclic) bond motifs is 1. The van der Waals surface area contributed by atoms with E-state index in [1.807, 2.05) is 26.8 Å². The van der Waals surface area contributed by atoms with Crippen molar-refractivity contribution in [3.8, 4) is 0 Å². The molecule has 0 aliphatic heterocycles. The molecule has 0 radical (unpaired) electrons. The number of methoxy groups -OCH3 is 1. The summed E-state index contributed by atoms with van der Waals surface area (Å²) in [5.41, 5.74) is -0.168. The fourth-order valence-electron chi connectivity index (χ4n) is 4.80. The molecule has 1 fully saturated rings. The van der Waals surface area contributed by atoms with Gasteiger partial charge in [0.2, 0.25) is 6.54 Å². The lowest BCUT2D eigenvalue weighted by Gasteiger charge is -2.55. The van der Waals surface area contributed by atoms with E-state index in [0.717, 1.165) is 12.0 Å². The number of nitro groups is 1. The van der Waals surface area contributed by atoms with Gasteiger partial charge in [-0.25, -0.2) is 0 Å². The van der Waals surface area contributed by atoms with E-state index in [-0.39, 0.29) is 17.4 Å². The van der Waals surface area contributed by atoms with Crippen LogP contribution in [-0.4, -0.2) is 36.3 Å². The highest BCUT2D eigenvalue weighted by atomic mass is 16.6. The van der Waals surface area contributed by atoms with Crippen molar-refractivity contribution in [2.45, 2.75) is 33.6 Å². The van der Waals surface area contributed by atoms with Crippen LogP contribution < -0.4 is 0 Å². The second kappa shape index (κ2) is 5.65. The van der Waals surface area contributed by atoms with Crippen LogP contribution in [0.15, 0.2) is 11.6 Å². The maximum atomic E-state index is 11.9. The molecule has 2 aliphatic carbocycles. The molecule has 0 heterocycles. The Morgan fingerprint density at radius 3 is 2.68 bits per heavy atom. The van der Waals surface area contributed by atoms with E-state index in [4.69, 9.17) is 4.74 Å². The number of carboxylic acids is 1. The Bertz CT molecular complexity index is 507. The topological polar surface area (TPSA) is 89.7 Å². The van der Waals surface area contributed by atoms with Gasteiger partial charge in [-0.3, -0.25) is 14.9 Å². The molecule has 0 aromatic carbocycles. The predicted octanol–water partition coefficient (Wildman–Crippen LogP) is 2.61. The van der Waals surface area contributed by atoms with Crippen LogP contribution in [-0.2, 0) is 9.53 Å². The van der Waals surface area contributed by atoms with E-state index in [0.29, 0.717) is 18.9 Å². The number of carboxylic acid groups (broad SMARTS) is 1. The molecule has 1 saturated carbocycles. The SMILES string of the molecule is COCC1=C[C@H]2[C@@H](C1)C[C@@]2(C[N+](=O)[O-])C(C(=O)O)C(C)(C)C. The minimum absolute atomic E-state index is 0.0247. The average molecular weight is 311 g/mol. The molecule has 0 bridgehead atoms. The average Bonchev–Trinajstić information content (AvgIpc) is 2.64. The van der Waals surface area contributed by atoms with Crippen LogP contribution in [0.2, 0.25) is 0 Å². The smallest absolute Gasteiger partial charge is 0.307 e. The van der Waals surface area contributed by atoms with Crippen molar-refractivity contribution in [2.24, 2.45) is 28.6 Å². The molecule has 22 heavy (non-hydrogen) atoms. The van der Waals surface area contributed by atoms with Gasteiger partial charge in [0.25, 0.3) is 0 Å². The third kappa shape index (κ3) is 2.76. The molecule has 0 spiro atoms. The third-order valence-corrected chi connectivity index (χ3v) is 5.19. The van der Waals surface area contributed by atoms with Gasteiger partial charge in [-0.1, -0.05) is 26.8 Å². The summed E-state index contributed by atoms with van der Waals surface area (Å²) in [6, 6.07) is 0. The standard InChI is InChI=1S/C16H25NO5/c1-15(2,3)13(14(18)19)16(9-17(20)21)7-11-5-10(8-22-4)6-12(11)16/h6,11-13H,5,7-9H2,1-4H3,(H,18,19)/t11-,12-,13?,16-/m0/s1. The number of rotatable bonds is 6. The van der Waals surface area contributed by atoms with E-state index in [1.165, 1.54) is 0 Å². The fraction of sp³-hybridized carbons (Fsp3) is 0.812. The quantitative estimate of drug-likeness (QED) is 0.462. The molecular weight excluding hydrogens is 286 g/mol. The summed E-state index contributed by atoms with van der Waals surface area (Å²) >= 11 is 0. The monoisotopic (exact) mass is 311 g/mol. The highest BCUT2D eigenvalue weighted by Crippen LogP contribution is 2.64. The lowest BCUT2D eigenvalue weighted by molar-refractivity contribution is -0.510. The minimum Gasteiger partial charge on any atom is -0.481 e. The zero-order valence-corrected chi connectivity index (χ0v) is 13.7. The third-order valence-electron chi connectivity index (χ3n) is 5.19. The van der Waals surface area contributed by atoms with Crippen LogP contribution in [0, 0.1) is 38.7 Å². The van der Waals surface area contributed by atoms with Gasteiger partial charge < -0.3 is 9.84 Å². The van der Waals surface area contributed by atoms with E-state index in [9.17, 15) is 20.0 Å². The largest absolute Gasteiger partial charge is 0.481 e. The van der Waals surface area contributed by atoms with Crippen LogP contribution in [0.5, 0.6) is 0 Å². The summed E-state index contributed by atoms with van der Waals surface area (Å²) in [5, 5.41) is 21.0. The summed E-state index contributed by atoms with van der Waals surface area (Å²) in [4.78, 5) is 22.8. The number of aliphatic carboxylic acids is 1. The first kappa shape index (κ1) is 16.9. The highest BCUT2D eigenvalue weighted by molar-refractivity contribution is 5.72. The first-order valence-electron chi connectivity index (χ1n) is 7.65. The summed E-state index contributed by atoms with van der Waals surface area (Å²) in [5.74, 6) is -1.36. The number of hydrogen-bond acceptors (Lipinski definition) is 4. The number of nitrogens with zero attached hydrogens (tertiary/aromatic N) is 1. The molecule has 1 N–H and O–H groups in total. The Hall–Kier alpha value is -1.43. The number of allylic oxidation sites excluding steroid dienone is 1. The molecule has 124 valence electrons.